The van der Waals surface area contributed by atoms with E-state index in [1.807, 2.05) is 6.07 Å². The Kier molecular flexibility index (Phi) is 4.66. The fourth-order valence-corrected chi connectivity index (χ4v) is 1.33. The summed E-state index contributed by atoms with van der Waals surface area (Å²) >= 11 is 5.27. The van der Waals surface area contributed by atoms with E-state index in [0.717, 1.165) is 12.2 Å². The van der Waals surface area contributed by atoms with Crippen molar-refractivity contribution in [2.24, 2.45) is 0 Å². The van der Waals surface area contributed by atoms with Crippen molar-refractivity contribution in [3.05, 3.63) is 23.8 Å². The van der Waals surface area contributed by atoms with Crippen molar-refractivity contribution >= 4 is 11.6 Å². The lowest BCUT2D eigenvalue weighted by atomic mass is 9.87. The zero-order chi connectivity index (χ0) is 13.1. The van der Waals surface area contributed by atoms with Crippen molar-refractivity contribution < 1.29 is 14.9 Å². The smallest absolute Gasteiger partial charge is 0.157 e. The topological polar surface area (TPSA) is 53.0 Å². The molecular weight excluding hydrogens is 240 g/mol. The lowest BCUT2D eigenvalue weighted by molar-refractivity contribution is 0.401. The van der Waals surface area contributed by atoms with E-state index in [9.17, 15) is 5.11 Å². The zero-order valence-electron chi connectivity index (χ0n) is 10.4. The molecule has 0 saturated carbocycles. The number of rotatable bonds is 1. The van der Waals surface area contributed by atoms with Crippen LogP contribution in [0, 0.1) is 0 Å². The number of phenolic OH excluding ortho intramolecular Hbond substituents is 2. The lowest BCUT2D eigenvalue weighted by Crippen LogP contribution is -2.10. The van der Waals surface area contributed by atoms with E-state index in [4.69, 9.17) is 21.4 Å². The molecule has 2 rings (SSSR count). The van der Waals surface area contributed by atoms with E-state index in [1.165, 1.54) is 6.07 Å². The molecule has 1 aromatic carbocycles. The summed E-state index contributed by atoms with van der Waals surface area (Å²) in [5.74, 6) is 0.547. The zero-order valence-corrected chi connectivity index (χ0v) is 11.2. The van der Waals surface area contributed by atoms with Gasteiger partial charge < -0.3 is 14.9 Å². The highest BCUT2D eigenvalue weighted by molar-refractivity contribution is 6.18. The molecule has 1 aliphatic rings. The normalized spacial score (nSPS) is 18.2. The highest BCUT2D eigenvalue weighted by Crippen LogP contribution is 2.30. The largest absolute Gasteiger partial charge is 0.504 e. The van der Waals surface area contributed by atoms with Gasteiger partial charge in [-0.3, -0.25) is 0 Å². The van der Waals surface area contributed by atoms with Crippen LogP contribution in [0.15, 0.2) is 18.2 Å². The predicted octanol–water partition coefficient (Wildman–Crippen LogP) is 3.02. The maximum absolute atomic E-state index is 9.21. The Bertz CT molecular complexity index is 367. The highest BCUT2D eigenvalue weighted by atomic mass is 35.5. The van der Waals surface area contributed by atoms with Crippen LogP contribution in [-0.4, -0.2) is 28.8 Å². The molecule has 1 aliphatic heterocycles. The van der Waals surface area contributed by atoms with Gasteiger partial charge in [-0.25, -0.2) is 0 Å². The van der Waals surface area contributed by atoms with Gasteiger partial charge in [0.1, 0.15) is 0 Å². The monoisotopic (exact) mass is 258 g/mol. The Balaban J connectivity index is 0.000000239. The molecule has 2 N–H and O–H groups in total. The number of hydrogen-bond acceptors (Lipinski definition) is 3. The number of alkyl halides is 1. The molecule has 0 spiro atoms. The molecule has 1 fully saturated rings. The lowest BCUT2D eigenvalue weighted by Gasteiger charge is -2.19. The number of phenols is 2. The highest BCUT2D eigenvalue weighted by Gasteiger charge is 2.19. The van der Waals surface area contributed by atoms with Gasteiger partial charge in [0.15, 0.2) is 11.5 Å². The molecular formula is C13H19ClO3. The van der Waals surface area contributed by atoms with Crippen molar-refractivity contribution in [1.82, 2.24) is 0 Å². The summed E-state index contributed by atoms with van der Waals surface area (Å²) in [6, 6.07) is 4.92. The second-order valence-electron chi connectivity index (χ2n) is 5.06. The van der Waals surface area contributed by atoms with E-state index in [1.54, 1.807) is 6.07 Å². The summed E-state index contributed by atoms with van der Waals surface area (Å²) in [6.07, 6.45) is 0.400. The van der Waals surface area contributed by atoms with Crippen LogP contribution in [0.5, 0.6) is 11.5 Å². The van der Waals surface area contributed by atoms with Crippen LogP contribution in [0.1, 0.15) is 26.3 Å². The number of ether oxygens (including phenoxy) is 1. The third kappa shape index (κ3) is 4.84. The average molecular weight is 259 g/mol. The molecule has 1 heterocycles. The fourth-order valence-electron chi connectivity index (χ4n) is 1.15. The standard InChI is InChI=1S/C10H14O2.C3H5ClO/c1-10(2,3)7-4-5-8(11)9(12)6-7;4-1-3-2-5-3/h4-6,11-12H,1-3H3;3H,1-2H2. The Morgan fingerprint density at radius 3 is 2.18 bits per heavy atom. The molecule has 17 heavy (non-hydrogen) atoms. The maximum Gasteiger partial charge on any atom is 0.157 e. The van der Waals surface area contributed by atoms with Crippen LogP contribution in [0.2, 0.25) is 0 Å². The summed E-state index contributed by atoms with van der Waals surface area (Å²) in [6.45, 7) is 7.04. The summed E-state index contributed by atoms with van der Waals surface area (Å²) in [5.41, 5.74) is 1.02. The summed E-state index contributed by atoms with van der Waals surface area (Å²) in [5, 5.41) is 18.3. The molecule has 4 heteroatoms. The minimum absolute atomic E-state index is 0.00514. The van der Waals surface area contributed by atoms with Crippen molar-refractivity contribution in [3.63, 3.8) is 0 Å². The van der Waals surface area contributed by atoms with Crippen molar-refractivity contribution in [3.8, 4) is 11.5 Å². The van der Waals surface area contributed by atoms with Crippen LogP contribution in [0.3, 0.4) is 0 Å². The fraction of sp³-hybridized carbons (Fsp3) is 0.538. The second-order valence-corrected chi connectivity index (χ2v) is 5.37. The van der Waals surface area contributed by atoms with Crippen LogP contribution < -0.4 is 0 Å². The molecule has 1 aromatic rings. The third-order valence-electron chi connectivity index (χ3n) is 2.42. The van der Waals surface area contributed by atoms with Gasteiger partial charge in [-0.15, -0.1) is 11.6 Å². The van der Waals surface area contributed by atoms with E-state index < -0.39 is 0 Å². The van der Waals surface area contributed by atoms with Gasteiger partial charge in [-0.05, 0) is 23.1 Å². The average Bonchev–Trinajstić information content (AvgIpc) is 3.04. The van der Waals surface area contributed by atoms with Gasteiger partial charge in [0.25, 0.3) is 0 Å². The predicted molar refractivity (Wildman–Crippen MR) is 68.9 cm³/mol. The molecule has 0 radical (unpaired) electrons. The number of benzene rings is 1. The molecule has 1 unspecified atom stereocenters. The molecule has 0 aliphatic carbocycles. The van der Waals surface area contributed by atoms with Crippen LogP contribution in [0.25, 0.3) is 0 Å². The molecule has 1 atom stereocenters. The first-order valence-corrected chi connectivity index (χ1v) is 6.08. The quantitative estimate of drug-likeness (QED) is 0.463. The van der Waals surface area contributed by atoms with Crippen LogP contribution in [0.4, 0.5) is 0 Å². The van der Waals surface area contributed by atoms with Crippen LogP contribution in [-0.2, 0) is 10.2 Å². The van der Waals surface area contributed by atoms with Gasteiger partial charge in [-0.1, -0.05) is 26.8 Å². The first-order valence-electron chi connectivity index (χ1n) is 5.54. The van der Waals surface area contributed by atoms with Crippen LogP contribution >= 0.6 is 11.6 Å². The second kappa shape index (κ2) is 5.61. The minimum Gasteiger partial charge on any atom is -0.504 e. The van der Waals surface area contributed by atoms with Gasteiger partial charge in [0.05, 0.1) is 18.6 Å². The summed E-state index contributed by atoms with van der Waals surface area (Å²) in [4.78, 5) is 0. The summed E-state index contributed by atoms with van der Waals surface area (Å²) < 4.78 is 4.73. The molecule has 96 valence electrons. The van der Waals surface area contributed by atoms with Crippen molar-refractivity contribution in [1.29, 1.82) is 0 Å². The van der Waals surface area contributed by atoms with Gasteiger partial charge in [-0.2, -0.15) is 0 Å². The van der Waals surface area contributed by atoms with E-state index in [2.05, 4.69) is 20.8 Å². The number of hydrogen-bond donors (Lipinski definition) is 2. The molecule has 0 amide bonds. The van der Waals surface area contributed by atoms with E-state index in [0.29, 0.717) is 12.0 Å². The SMILES string of the molecule is CC(C)(C)c1ccc(O)c(O)c1.ClCC1CO1. The number of aromatic hydroxyl groups is 2. The minimum atomic E-state index is -0.0667. The van der Waals surface area contributed by atoms with Crippen molar-refractivity contribution in [2.75, 3.05) is 12.5 Å². The Morgan fingerprint density at radius 1 is 1.29 bits per heavy atom. The first kappa shape index (κ1) is 14.1. The number of epoxide rings is 1. The Labute approximate surface area is 107 Å². The van der Waals surface area contributed by atoms with E-state index in [-0.39, 0.29) is 16.9 Å². The van der Waals surface area contributed by atoms with Gasteiger partial charge >= 0.3 is 0 Å². The third-order valence-corrected chi connectivity index (χ3v) is 2.76. The maximum atomic E-state index is 9.21. The van der Waals surface area contributed by atoms with Gasteiger partial charge in [0.2, 0.25) is 0 Å². The molecule has 0 aromatic heterocycles. The molecule has 1 saturated heterocycles. The van der Waals surface area contributed by atoms with Gasteiger partial charge in [0, 0.05) is 0 Å². The van der Waals surface area contributed by atoms with Crippen molar-refractivity contribution in [2.45, 2.75) is 32.3 Å². The summed E-state index contributed by atoms with van der Waals surface area (Å²) in [7, 11) is 0. The molecule has 0 bridgehead atoms. The first-order chi connectivity index (χ1) is 7.84. The van der Waals surface area contributed by atoms with E-state index >= 15 is 0 Å². The number of halogens is 1. The molecule has 3 nitrogen and oxygen atoms in total. The Hall–Kier alpha value is -0.930. The Morgan fingerprint density at radius 2 is 1.88 bits per heavy atom.